The van der Waals surface area contributed by atoms with Crippen molar-refractivity contribution in [3.05, 3.63) is 29.3 Å². The van der Waals surface area contributed by atoms with Gasteiger partial charge in [-0.2, -0.15) is 0 Å². The smallest absolute Gasteiger partial charge is 0.242 e. The number of rotatable bonds is 8. The van der Waals surface area contributed by atoms with Crippen LogP contribution < -0.4 is 15.4 Å². The van der Waals surface area contributed by atoms with Crippen LogP contribution in [0.2, 0.25) is 5.02 Å². The largest absolute Gasteiger partial charge is 0.493 e. The molecule has 6 heteroatoms. The molecule has 0 spiro atoms. The van der Waals surface area contributed by atoms with E-state index in [4.69, 9.17) is 16.3 Å². The average Bonchev–Trinajstić information content (AvgIpc) is 2.44. The predicted molar refractivity (Wildman–Crippen MR) is 82.5 cm³/mol. The van der Waals surface area contributed by atoms with Gasteiger partial charge >= 0.3 is 0 Å². The molecule has 116 valence electrons. The third kappa shape index (κ3) is 6.99. The second kappa shape index (κ2) is 9.23. The Morgan fingerprint density at radius 3 is 2.81 bits per heavy atom. The Morgan fingerprint density at radius 1 is 1.38 bits per heavy atom. The van der Waals surface area contributed by atoms with Gasteiger partial charge in [-0.1, -0.05) is 24.6 Å². The van der Waals surface area contributed by atoms with E-state index in [9.17, 15) is 9.59 Å². The number of halogens is 1. The van der Waals surface area contributed by atoms with Gasteiger partial charge in [-0.3, -0.25) is 9.59 Å². The minimum absolute atomic E-state index is 0.178. The third-order valence-corrected chi connectivity index (χ3v) is 2.95. The van der Waals surface area contributed by atoms with Crippen LogP contribution in [0.3, 0.4) is 0 Å². The number of carbonyl (C=O) groups is 2. The van der Waals surface area contributed by atoms with Crippen molar-refractivity contribution >= 4 is 23.4 Å². The van der Waals surface area contributed by atoms with Crippen LogP contribution in [0.15, 0.2) is 24.3 Å². The van der Waals surface area contributed by atoms with Crippen molar-refractivity contribution in [2.24, 2.45) is 0 Å². The highest BCUT2D eigenvalue weighted by molar-refractivity contribution is 6.30. The molecule has 0 aliphatic rings. The monoisotopic (exact) mass is 312 g/mol. The Labute approximate surface area is 130 Å². The van der Waals surface area contributed by atoms with E-state index in [2.05, 4.69) is 10.6 Å². The molecule has 0 saturated carbocycles. The summed E-state index contributed by atoms with van der Waals surface area (Å²) >= 11 is 5.83. The lowest BCUT2D eigenvalue weighted by atomic mass is 10.3. The molecule has 1 rings (SSSR count). The van der Waals surface area contributed by atoms with Crippen LogP contribution in [0.1, 0.15) is 26.7 Å². The fourth-order valence-electron chi connectivity index (χ4n) is 1.60. The second-order valence-corrected chi connectivity index (χ2v) is 5.07. The molecule has 1 aromatic carbocycles. The molecule has 0 aliphatic heterocycles. The summed E-state index contributed by atoms with van der Waals surface area (Å²) in [6.07, 6.45) is 1.04. The summed E-state index contributed by atoms with van der Waals surface area (Å²) in [5.74, 6) is 0.209. The van der Waals surface area contributed by atoms with Crippen molar-refractivity contribution in [1.82, 2.24) is 10.6 Å². The fourth-order valence-corrected chi connectivity index (χ4v) is 1.78. The van der Waals surface area contributed by atoms with E-state index in [1.54, 1.807) is 31.2 Å². The number of carbonyl (C=O) groups excluding carboxylic acids is 2. The Hall–Kier alpha value is -1.75. The van der Waals surface area contributed by atoms with Gasteiger partial charge in [0.05, 0.1) is 13.0 Å². The van der Waals surface area contributed by atoms with E-state index in [0.29, 0.717) is 17.3 Å². The zero-order chi connectivity index (χ0) is 15.7. The van der Waals surface area contributed by atoms with Crippen LogP contribution in [0, 0.1) is 0 Å². The highest BCUT2D eigenvalue weighted by Gasteiger charge is 2.14. The maximum absolute atomic E-state index is 11.7. The van der Waals surface area contributed by atoms with E-state index in [0.717, 1.165) is 6.42 Å². The first-order chi connectivity index (χ1) is 10.0. The molecule has 21 heavy (non-hydrogen) atoms. The molecule has 0 saturated heterocycles. The number of benzene rings is 1. The van der Waals surface area contributed by atoms with Crippen molar-refractivity contribution in [1.29, 1.82) is 0 Å². The van der Waals surface area contributed by atoms with Crippen LogP contribution in [0.25, 0.3) is 0 Å². The molecule has 5 nitrogen and oxygen atoms in total. The first kappa shape index (κ1) is 17.3. The van der Waals surface area contributed by atoms with E-state index < -0.39 is 6.04 Å². The summed E-state index contributed by atoms with van der Waals surface area (Å²) in [5, 5.41) is 5.94. The van der Waals surface area contributed by atoms with Crippen molar-refractivity contribution in [2.45, 2.75) is 32.7 Å². The Kier molecular flexibility index (Phi) is 7.61. The average molecular weight is 313 g/mol. The molecule has 1 atom stereocenters. The number of hydrogen-bond acceptors (Lipinski definition) is 3. The molecule has 0 radical (unpaired) electrons. The van der Waals surface area contributed by atoms with Crippen LogP contribution >= 0.6 is 11.6 Å². The summed E-state index contributed by atoms with van der Waals surface area (Å²) in [5.41, 5.74) is 0. The summed E-state index contributed by atoms with van der Waals surface area (Å²) in [4.78, 5) is 23.3. The lowest BCUT2D eigenvalue weighted by molar-refractivity contribution is -0.128. The first-order valence-electron chi connectivity index (χ1n) is 6.98. The molecule has 2 amide bonds. The number of hydrogen-bond donors (Lipinski definition) is 2. The van der Waals surface area contributed by atoms with E-state index in [1.165, 1.54) is 0 Å². The lowest BCUT2D eigenvalue weighted by Crippen LogP contribution is -2.45. The molecule has 2 N–H and O–H groups in total. The lowest BCUT2D eigenvalue weighted by Gasteiger charge is -2.14. The molecular formula is C15H21ClN2O3. The summed E-state index contributed by atoms with van der Waals surface area (Å²) in [7, 11) is 0. The number of amides is 2. The zero-order valence-corrected chi connectivity index (χ0v) is 13.1. The molecule has 0 bridgehead atoms. The third-order valence-electron chi connectivity index (χ3n) is 2.71. The van der Waals surface area contributed by atoms with Gasteiger partial charge in [0.15, 0.2) is 0 Å². The van der Waals surface area contributed by atoms with Crippen molar-refractivity contribution in [3.8, 4) is 5.75 Å². The Balaban J connectivity index is 2.26. The van der Waals surface area contributed by atoms with Crippen LogP contribution in [-0.4, -0.2) is 31.0 Å². The van der Waals surface area contributed by atoms with E-state index in [-0.39, 0.29) is 24.8 Å². The van der Waals surface area contributed by atoms with Crippen molar-refractivity contribution in [3.63, 3.8) is 0 Å². The molecule has 0 aromatic heterocycles. The summed E-state index contributed by atoms with van der Waals surface area (Å²) in [6, 6.07) is 6.43. The van der Waals surface area contributed by atoms with E-state index >= 15 is 0 Å². The van der Waals surface area contributed by atoms with Gasteiger partial charge in [0.1, 0.15) is 11.8 Å². The SMILES string of the molecule is CCCNC(=O)C(C)NC(=O)CCOc1cccc(Cl)c1. The van der Waals surface area contributed by atoms with Crippen molar-refractivity contribution in [2.75, 3.05) is 13.2 Å². The van der Waals surface area contributed by atoms with E-state index in [1.807, 2.05) is 6.92 Å². The normalized spacial score (nSPS) is 11.6. The maximum atomic E-state index is 11.7. The summed E-state index contributed by atoms with van der Waals surface area (Å²) < 4.78 is 5.42. The quantitative estimate of drug-likeness (QED) is 0.773. The summed E-state index contributed by atoms with van der Waals surface area (Å²) in [6.45, 7) is 4.46. The van der Waals surface area contributed by atoms with Crippen LogP contribution in [0.4, 0.5) is 0 Å². The molecular weight excluding hydrogens is 292 g/mol. The molecule has 0 heterocycles. The van der Waals surface area contributed by atoms with Crippen LogP contribution in [0.5, 0.6) is 5.75 Å². The first-order valence-corrected chi connectivity index (χ1v) is 7.36. The van der Waals surface area contributed by atoms with Gasteiger partial charge in [-0.15, -0.1) is 0 Å². The molecule has 1 aromatic rings. The minimum atomic E-state index is -0.546. The standard InChI is InChI=1S/C15H21ClN2O3/c1-3-8-17-15(20)11(2)18-14(19)7-9-21-13-6-4-5-12(16)10-13/h4-6,10-11H,3,7-9H2,1-2H3,(H,17,20)(H,18,19). The Bertz CT molecular complexity index is 480. The fraction of sp³-hybridized carbons (Fsp3) is 0.467. The highest BCUT2D eigenvalue weighted by Crippen LogP contribution is 2.17. The van der Waals surface area contributed by atoms with Gasteiger partial charge in [0.25, 0.3) is 0 Å². The molecule has 1 unspecified atom stereocenters. The molecule has 0 fully saturated rings. The van der Waals surface area contributed by atoms with Gasteiger partial charge in [0, 0.05) is 11.6 Å². The number of nitrogens with one attached hydrogen (secondary N) is 2. The maximum Gasteiger partial charge on any atom is 0.242 e. The zero-order valence-electron chi connectivity index (χ0n) is 12.3. The second-order valence-electron chi connectivity index (χ2n) is 4.64. The minimum Gasteiger partial charge on any atom is -0.493 e. The van der Waals surface area contributed by atoms with Gasteiger partial charge in [0.2, 0.25) is 11.8 Å². The predicted octanol–water partition coefficient (Wildman–Crippen LogP) is 2.14. The van der Waals surface area contributed by atoms with Gasteiger partial charge in [-0.25, -0.2) is 0 Å². The Morgan fingerprint density at radius 2 is 2.14 bits per heavy atom. The topological polar surface area (TPSA) is 67.4 Å². The molecule has 0 aliphatic carbocycles. The highest BCUT2D eigenvalue weighted by atomic mass is 35.5. The van der Waals surface area contributed by atoms with Gasteiger partial charge in [-0.05, 0) is 31.5 Å². The van der Waals surface area contributed by atoms with Crippen LogP contribution in [-0.2, 0) is 9.59 Å². The van der Waals surface area contributed by atoms with Crippen molar-refractivity contribution < 1.29 is 14.3 Å². The number of ether oxygens (including phenoxy) is 1. The van der Waals surface area contributed by atoms with Gasteiger partial charge < -0.3 is 15.4 Å².